The molecular formula is C16H25N3O4S. The first kappa shape index (κ1) is 18.4. The van der Waals surface area contributed by atoms with Gasteiger partial charge in [0, 0.05) is 24.8 Å². The van der Waals surface area contributed by atoms with Crippen LogP contribution >= 0.6 is 0 Å². The lowest BCUT2D eigenvalue weighted by Gasteiger charge is -2.24. The van der Waals surface area contributed by atoms with Gasteiger partial charge in [-0.05, 0) is 45.4 Å². The minimum atomic E-state index is -3.31. The van der Waals surface area contributed by atoms with E-state index in [1.807, 2.05) is 26.8 Å². The van der Waals surface area contributed by atoms with Gasteiger partial charge >= 0.3 is 6.09 Å². The molecule has 1 aliphatic rings. The largest absolute Gasteiger partial charge is 0.444 e. The first-order chi connectivity index (χ1) is 11.0. The van der Waals surface area contributed by atoms with Gasteiger partial charge in [0.15, 0.2) is 0 Å². The second-order valence-corrected chi connectivity index (χ2v) is 8.76. The lowest BCUT2D eigenvalue weighted by atomic mass is 10.2. The third-order valence-corrected chi connectivity index (χ3v) is 3.98. The molecule has 0 spiro atoms. The van der Waals surface area contributed by atoms with Gasteiger partial charge in [0.05, 0.1) is 11.9 Å². The van der Waals surface area contributed by atoms with Crippen LogP contribution < -0.4 is 10.0 Å². The molecule has 2 N–H and O–H groups in total. The second kappa shape index (κ2) is 6.88. The Kier molecular flexibility index (Phi) is 5.27. The van der Waals surface area contributed by atoms with Gasteiger partial charge in [0.1, 0.15) is 5.60 Å². The molecule has 134 valence electrons. The van der Waals surface area contributed by atoms with E-state index in [0.29, 0.717) is 18.8 Å². The molecule has 1 heterocycles. The monoisotopic (exact) mass is 355 g/mol. The average molecular weight is 355 g/mol. The molecule has 1 aliphatic heterocycles. The summed E-state index contributed by atoms with van der Waals surface area (Å²) in [4.78, 5) is 13.8. The van der Waals surface area contributed by atoms with Crippen LogP contribution in [0, 0.1) is 0 Å². The fourth-order valence-electron chi connectivity index (χ4n) is 2.49. The lowest BCUT2D eigenvalue weighted by molar-refractivity contribution is 0.0293. The van der Waals surface area contributed by atoms with E-state index >= 15 is 0 Å². The number of likely N-dealkylation sites (tertiary alicyclic amines) is 1. The number of hydrogen-bond donors (Lipinski definition) is 2. The maximum Gasteiger partial charge on any atom is 0.410 e. The first-order valence-corrected chi connectivity index (χ1v) is 9.73. The molecule has 24 heavy (non-hydrogen) atoms. The van der Waals surface area contributed by atoms with Crippen LogP contribution in [-0.2, 0) is 14.8 Å². The summed E-state index contributed by atoms with van der Waals surface area (Å²) in [6.45, 7) is 6.72. The number of rotatable bonds is 4. The quantitative estimate of drug-likeness (QED) is 0.866. The Morgan fingerprint density at radius 1 is 1.29 bits per heavy atom. The van der Waals surface area contributed by atoms with E-state index in [1.54, 1.807) is 23.1 Å². The molecule has 1 aromatic rings. The second-order valence-electron chi connectivity index (χ2n) is 7.01. The number of carbonyl (C=O) groups is 1. The van der Waals surface area contributed by atoms with E-state index in [0.717, 1.165) is 18.4 Å². The number of nitrogens with zero attached hydrogens (tertiary/aromatic N) is 1. The number of benzene rings is 1. The molecular weight excluding hydrogens is 330 g/mol. The standard InChI is InChI=1S/C16H25N3O4S/c1-16(2,3)23-15(20)19-9-8-14(11-19)17-12-6-5-7-13(10-12)18-24(4,21)22/h5-7,10,14,17-18H,8-9,11H2,1-4H3. The number of amides is 1. The first-order valence-electron chi connectivity index (χ1n) is 7.84. The van der Waals surface area contributed by atoms with E-state index in [9.17, 15) is 13.2 Å². The zero-order valence-electron chi connectivity index (χ0n) is 14.5. The number of carbonyl (C=O) groups excluding carboxylic acids is 1. The Bertz CT molecular complexity index is 698. The van der Waals surface area contributed by atoms with Crippen LogP contribution in [0.1, 0.15) is 27.2 Å². The van der Waals surface area contributed by atoms with Crippen molar-refractivity contribution in [1.82, 2.24) is 4.90 Å². The lowest BCUT2D eigenvalue weighted by Crippen LogP contribution is -2.36. The van der Waals surface area contributed by atoms with Gasteiger partial charge in [-0.25, -0.2) is 13.2 Å². The van der Waals surface area contributed by atoms with Gasteiger partial charge in [0.2, 0.25) is 10.0 Å². The van der Waals surface area contributed by atoms with Crippen molar-refractivity contribution in [2.45, 2.75) is 38.8 Å². The SMILES string of the molecule is CC(C)(C)OC(=O)N1CCC(Nc2cccc(NS(C)(=O)=O)c2)C1. The van der Waals surface area contributed by atoms with E-state index < -0.39 is 15.6 Å². The highest BCUT2D eigenvalue weighted by Gasteiger charge is 2.29. The molecule has 0 radical (unpaired) electrons. The van der Waals surface area contributed by atoms with Crippen LogP contribution in [0.2, 0.25) is 0 Å². The molecule has 0 bridgehead atoms. The molecule has 1 saturated heterocycles. The third kappa shape index (κ3) is 5.92. The zero-order chi connectivity index (χ0) is 18.0. The van der Waals surface area contributed by atoms with Crippen LogP contribution in [0.5, 0.6) is 0 Å². The summed E-state index contributed by atoms with van der Waals surface area (Å²) in [5, 5.41) is 3.33. The summed E-state index contributed by atoms with van der Waals surface area (Å²) in [7, 11) is -3.31. The highest BCUT2D eigenvalue weighted by Crippen LogP contribution is 2.21. The van der Waals surface area contributed by atoms with Gasteiger partial charge in [-0.3, -0.25) is 4.72 Å². The topological polar surface area (TPSA) is 87.7 Å². The van der Waals surface area contributed by atoms with Gasteiger partial charge in [-0.15, -0.1) is 0 Å². The number of nitrogens with one attached hydrogen (secondary N) is 2. The number of anilines is 2. The fourth-order valence-corrected chi connectivity index (χ4v) is 3.05. The number of sulfonamides is 1. The summed E-state index contributed by atoms with van der Waals surface area (Å²) < 4.78 is 30.4. The van der Waals surface area contributed by atoms with Crippen molar-refractivity contribution in [3.8, 4) is 0 Å². The van der Waals surface area contributed by atoms with Crippen molar-refractivity contribution >= 4 is 27.5 Å². The highest BCUT2D eigenvalue weighted by molar-refractivity contribution is 7.92. The predicted molar refractivity (Wildman–Crippen MR) is 94.7 cm³/mol. The average Bonchev–Trinajstić information content (AvgIpc) is 2.83. The van der Waals surface area contributed by atoms with Crippen molar-refractivity contribution in [2.75, 3.05) is 29.4 Å². The Balaban J connectivity index is 1.94. The Labute approximate surface area is 143 Å². The van der Waals surface area contributed by atoms with Crippen LogP contribution in [-0.4, -0.2) is 50.4 Å². The summed E-state index contributed by atoms with van der Waals surface area (Å²) in [6, 6.07) is 7.16. The smallest absolute Gasteiger partial charge is 0.410 e. The van der Waals surface area contributed by atoms with E-state index in [2.05, 4.69) is 10.0 Å². The van der Waals surface area contributed by atoms with Crippen LogP contribution in [0.25, 0.3) is 0 Å². The summed E-state index contributed by atoms with van der Waals surface area (Å²) in [6.07, 6.45) is 1.62. The van der Waals surface area contributed by atoms with Crippen LogP contribution in [0.4, 0.5) is 16.2 Å². The van der Waals surface area contributed by atoms with Crippen molar-refractivity contribution in [3.05, 3.63) is 24.3 Å². The molecule has 7 nitrogen and oxygen atoms in total. The van der Waals surface area contributed by atoms with Gasteiger partial charge in [-0.1, -0.05) is 6.07 Å². The summed E-state index contributed by atoms with van der Waals surface area (Å²) in [5.41, 5.74) is 0.804. The van der Waals surface area contributed by atoms with Crippen molar-refractivity contribution < 1.29 is 17.9 Å². The third-order valence-electron chi connectivity index (χ3n) is 3.38. The molecule has 1 unspecified atom stereocenters. The van der Waals surface area contributed by atoms with Crippen molar-refractivity contribution in [2.24, 2.45) is 0 Å². The van der Waals surface area contributed by atoms with Gasteiger partial charge in [-0.2, -0.15) is 0 Å². The molecule has 1 atom stereocenters. The van der Waals surface area contributed by atoms with Crippen LogP contribution in [0.15, 0.2) is 24.3 Å². The summed E-state index contributed by atoms with van der Waals surface area (Å²) >= 11 is 0. The van der Waals surface area contributed by atoms with Gasteiger partial charge in [0.25, 0.3) is 0 Å². The normalized spacial score (nSPS) is 18.3. The fraction of sp³-hybridized carbons (Fsp3) is 0.562. The molecule has 0 saturated carbocycles. The van der Waals surface area contributed by atoms with Crippen LogP contribution in [0.3, 0.4) is 0 Å². The molecule has 8 heteroatoms. The number of hydrogen-bond acceptors (Lipinski definition) is 5. The molecule has 0 aromatic heterocycles. The Morgan fingerprint density at radius 3 is 2.58 bits per heavy atom. The van der Waals surface area contributed by atoms with E-state index in [-0.39, 0.29) is 12.1 Å². The molecule has 1 aromatic carbocycles. The maximum atomic E-state index is 12.1. The van der Waals surface area contributed by atoms with E-state index in [1.165, 1.54) is 0 Å². The maximum absolute atomic E-state index is 12.1. The molecule has 1 amide bonds. The zero-order valence-corrected chi connectivity index (χ0v) is 15.3. The van der Waals surface area contributed by atoms with Crippen molar-refractivity contribution in [3.63, 3.8) is 0 Å². The van der Waals surface area contributed by atoms with E-state index in [4.69, 9.17) is 4.74 Å². The predicted octanol–water partition coefficient (Wildman–Crippen LogP) is 2.48. The highest BCUT2D eigenvalue weighted by atomic mass is 32.2. The number of ether oxygens (including phenoxy) is 1. The minimum absolute atomic E-state index is 0.103. The summed E-state index contributed by atoms with van der Waals surface area (Å²) in [5.74, 6) is 0. The molecule has 2 rings (SSSR count). The Morgan fingerprint density at radius 2 is 1.96 bits per heavy atom. The van der Waals surface area contributed by atoms with Crippen molar-refractivity contribution in [1.29, 1.82) is 0 Å². The molecule has 1 fully saturated rings. The minimum Gasteiger partial charge on any atom is -0.444 e. The Hall–Kier alpha value is -1.96. The molecule has 0 aliphatic carbocycles. The van der Waals surface area contributed by atoms with Gasteiger partial charge < -0.3 is 15.0 Å².